The monoisotopic (exact) mass is 709 g/mol. The highest BCUT2D eigenvalue weighted by Crippen LogP contribution is 2.41. The molecule has 0 radical (unpaired) electrons. The van der Waals surface area contributed by atoms with E-state index in [1.54, 1.807) is 33.5 Å². The van der Waals surface area contributed by atoms with Gasteiger partial charge in [0.05, 0.1) is 38.9 Å². The first-order chi connectivity index (χ1) is 25.3. The van der Waals surface area contributed by atoms with E-state index in [1.807, 2.05) is 48.2 Å². The number of halogens is 1. The van der Waals surface area contributed by atoms with Crippen molar-refractivity contribution in [2.45, 2.75) is 57.0 Å². The lowest BCUT2D eigenvalue weighted by Crippen LogP contribution is -2.51. The Morgan fingerprint density at radius 2 is 1.71 bits per heavy atom. The summed E-state index contributed by atoms with van der Waals surface area (Å²) >= 11 is 0. The Labute approximate surface area is 304 Å². The third kappa shape index (κ3) is 7.32. The second kappa shape index (κ2) is 15.3. The van der Waals surface area contributed by atoms with Gasteiger partial charge in [-0.3, -0.25) is 4.79 Å². The maximum absolute atomic E-state index is 14.2. The number of H-pyrrole nitrogens is 1. The number of amides is 1. The van der Waals surface area contributed by atoms with Crippen LogP contribution in [0, 0.1) is 12.7 Å². The van der Waals surface area contributed by atoms with E-state index in [9.17, 15) is 9.18 Å². The zero-order valence-corrected chi connectivity index (χ0v) is 30.5. The Balaban J connectivity index is 1.07. The standard InChI is InChI=1S/C41H48FN5O5/c1-28-10-15-33(52-28)26-47(40-43-34-8-5-6-9-35(34)44-40)32-16-21-45(22-17-32)23-19-41(30-11-13-31(42)14-12-30)18-7-20-46(27-41)39(48)29-24-36(49-2)38(51-4)37(25-29)50-3/h5-6,8-15,24-25,32H,7,16-23,26-27H2,1-4H3,(H,43,44). The normalized spacial score (nSPS) is 18.4. The molecule has 2 fully saturated rings. The van der Waals surface area contributed by atoms with Gasteiger partial charge in [-0.2, -0.15) is 0 Å². The Morgan fingerprint density at radius 3 is 2.37 bits per heavy atom. The van der Waals surface area contributed by atoms with E-state index in [0.29, 0.717) is 42.4 Å². The number of carbonyl (C=O) groups excluding carboxylic acids is 1. The summed E-state index contributed by atoms with van der Waals surface area (Å²) in [5, 5.41) is 0. The number of aromatic nitrogens is 2. The molecule has 7 rings (SSSR count). The fourth-order valence-electron chi connectivity index (χ4n) is 8.10. The van der Waals surface area contributed by atoms with E-state index in [1.165, 1.54) is 12.1 Å². The molecular formula is C41H48FN5O5. The number of nitrogens with one attached hydrogen (secondary N) is 1. The average molecular weight is 710 g/mol. The van der Waals surface area contributed by atoms with Crippen LogP contribution in [0.3, 0.4) is 0 Å². The number of benzene rings is 3. The van der Waals surface area contributed by atoms with E-state index >= 15 is 0 Å². The number of aryl methyl sites for hydroxylation is 1. The number of carbonyl (C=O) groups is 1. The molecular weight excluding hydrogens is 661 g/mol. The van der Waals surface area contributed by atoms with Crippen LogP contribution in [-0.4, -0.2) is 85.8 Å². The van der Waals surface area contributed by atoms with E-state index in [0.717, 1.165) is 85.8 Å². The molecule has 3 aromatic carbocycles. The smallest absolute Gasteiger partial charge is 0.254 e. The van der Waals surface area contributed by atoms with Gasteiger partial charge in [-0.05, 0) is 99.7 Å². The molecule has 1 atom stereocenters. The molecule has 0 spiro atoms. The van der Waals surface area contributed by atoms with Crippen molar-refractivity contribution in [3.63, 3.8) is 0 Å². The number of nitrogens with zero attached hydrogens (tertiary/aromatic N) is 4. The van der Waals surface area contributed by atoms with E-state index in [2.05, 4.69) is 26.9 Å². The highest BCUT2D eigenvalue weighted by atomic mass is 19.1. The van der Waals surface area contributed by atoms with Gasteiger partial charge in [0.25, 0.3) is 5.91 Å². The first kappa shape index (κ1) is 35.4. The Morgan fingerprint density at radius 1 is 0.981 bits per heavy atom. The zero-order chi connectivity index (χ0) is 36.2. The number of methoxy groups -OCH3 is 3. The predicted octanol–water partition coefficient (Wildman–Crippen LogP) is 7.36. The summed E-state index contributed by atoms with van der Waals surface area (Å²) in [6, 6.07) is 22.8. The van der Waals surface area contributed by atoms with Crippen molar-refractivity contribution in [3.8, 4) is 17.2 Å². The van der Waals surface area contributed by atoms with Crippen LogP contribution in [0.5, 0.6) is 17.2 Å². The van der Waals surface area contributed by atoms with Gasteiger partial charge < -0.3 is 38.3 Å². The second-order valence-corrected chi connectivity index (χ2v) is 14.1. The van der Waals surface area contributed by atoms with E-state index in [4.69, 9.17) is 23.6 Å². The van der Waals surface area contributed by atoms with Gasteiger partial charge in [-0.15, -0.1) is 0 Å². The van der Waals surface area contributed by atoms with Crippen LogP contribution in [0.25, 0.3) is 11.0 Å². The topological polar surface area (TPSA) is 96.3 Å². The first-order valence-electron chi connectivity index (χ1n) is 18.1. The number of piperidine rings is 2. The number of hydrogen-bond acceptors (Lipinski definition) is 8. The van der Waals surface area contributed by atoms with E-state index in [-0.39, 0.29) is 23.2 Å². The number of hydrogen-bond donors (Lipinski definition) is 1. The van der Waals surface area contributed by atoms with Crippen LogP contribution in [0.1, 0.15) is 59.5 Å². The van der Waals surface area contributed by atoms with Gasteiger partial charge in [0, 0.05) is 43.2 Å². The van der Waals surface area contributed by atoms with E-state index < -0.39 is 0 Å². The summed E-state index contributed by atoms with van der Waals surface area (Å²) in [4.78, 5) is 29.5. The molecule has 1 N–H and O–H groups in total. The van der Waals surface area contributed by atoms with Crippen molar-refractivity contribution in [1.29, 1.82) is 0 Å². The second-order valence-electron chi connectivity index (χ2n) is 14.1. The van der Waals surface area contributed by atoms with Gasteiger partial charge in [0.2, 0.25) is 11.7 Å². The number of aromatic amines is 1. The van der Waals surface area contributed by atoms with Gasteiger partial charge in [0.1, 0.15) is 17.3 Å². The van der Waals surface area contributed by atoms with Crippen molar-refractivity contribution in [3.05, 3.63) is 101 Å². The molecule has 1 amide bonds. The zero-order valence-electron chi connectivity index (χ0n) is 30.5. The molecule has 0 aliphatic carbocycles. The van der Waals surface area contributed by atoms with Crippen molar-refractivity contribution in [2.24, 2.45) is 0 Å². The first-order valence-corrected chi connectivity index (χ1v) is 18.1. The minimum absolute atomic E-state index is 0.0938. The molecule has 1 unspecified atom stereocenters. The number of imidazole rings is 1. The van der Waals surface area contributed by atoms with Crippen LogP contribution in [0.15, 0.2) is 77.2 Å². The number of fused-ring (bicyclic) bond motifs is 1. The molecule has 2 saturated heterocycles. The third-order valence-electron chi connectivity index (χ3n) is 10.9. The van der Waals surface area contributed by atoms with Crippen LogP contribution in [0.2, 0.25) is 0 Å². The predicted molar refractivity (Wildman–Crippen MR) is 199 cm³/mol. The number of ether oxygens (including phenoxy) is 3. The minimum Gasteiger partial charge on any atom is -0.493 e. The maximum Gasteiger partial charge on any atom is 0.254 e. The molecule has 2 aromatic heterocycles. The van der Waals surface area contributed by atoms with Crippen molar-refractivity contribution in [1.82, 2.24) is 19.8 Å². The van der Waals surface area contributed by atoms with Crippen molar-refractivity contribution < 1.29 is 27.8 Å². The van der Waals surface area contributed by atoms with Gasteiger partial charge in [-0.25, -0.2) is 9.37 Å². The maximum atomic E-state index is 14.2. The lowest BCUT2D eigenvalue weighted by Gasteiger charge is -2.45. The molecule has 2 aliphatic rings. The number of anilines is 1. The minimum atomic E-state index is -0.323. The fourth-order valence-corrected chi connectivity index (χ4v) is 8.10. The largest absolute Gasteiger partial charge is 0.493 e. The highest BCUT2D eigenvalue weighted by Gasteiger charge is 2.40. The summed E-state index contributed by atoms with van der Waals surface area (Å²) in [6.45, 7) is 6.53. The Hall–Kier alpha value is -5.03. The summed E-state index contributed by atoms with van der Waals surface area (Å²) < 4.78 is 36.8. The summed E-state index contributed by atoms with van der Waals surface area (Å²) in [5.74, 6) is 3.65. The summed E-state index contributed by atoms with van der Waals surface area (Å²) in [7, 11) is 4.64. The molecule has 274 valence electrons. The molecule has 52 heavy (non-hydrogen) atoms. The average Bonchev–Trinajstić information content (AvgIpc) is 3.81. The number of para-hydroxylation sites is 2. The molecule has 11 heteroatoms. The van der Waals surface area contributed by atoms with Crippen molar-refractivity contribution in [2.75, 3.05) is 59.0 Å². The number of rotatable bonds is 12. The van der Waals surface area contributed by atoms with Crippen LogP contribution >= 0.6 is 0 Å². The molecule has 0 bridgehead atoms. The Kier molecular flexibility index (Phi) is 10.4. The molecule has 10 nitrogen and oxygen atoms in total. The third-order valence-corrected chi connectivity index (χ3v) is 10.9. The van der Waals surface area contributed by atoms with Crippen LogP contribution in [-0.2, 0) is 12.0 Å². The SMILES string of the molecule is COc1cc(C(=O)N2CCCC(CCN3CCC(N(Cc4ccc(C)o4)c4nc5ccccc5[nH]4)CC3)(c3ccc(F)cc3)C2)cc(OC)c1OC. The van der Waals surface area contributed by atoms with Gasteiger partial charge in [-0.1, -0.05) is 24.3 Å². The van der Waals surface area contributed by atoms with Gasteiger partial charge >= 0.3 is 0 Å². The van der Waals surface area contributed by atoms with Gasteiger partial charge in [0.15, 0.2) is 11.5 Å². The van der Waals surface area contributed by atoms with Crippen molar-refractivity contribution >= 4 is 22.9 Å². The van der Waals surface area contributed by atoms with Crippen LogP contribution < -0.4 is 19.1 Å². The highest BCUT2D eigenvalue weighted by molar-refractivity contribution is 5.96. The molecule has 0 saturated carbocycles. The van der Waals surface area contributed by atoms with Crippen LogP contribution in [0.4, 0.5) is 10.3 Å². The lowest BCUT2D eigenvalue weighted by atomic mass is 9.71. The molecule has 4 heterocycles. The fraction of sp³-hybridized carbons (Fsp3) is 0.415. The summed E-state index contributed by atoms with van der Waals surface area (Å²) in [5.41, 5.74) is 3.19. The number of furan rings is 1. The lowest BCUT2D eigenvalue weighted by molar-refractivity contribution is 0.0605. The number of likely N-dealkylation sites (tertiary alicyclic amines) is 2. The Bertz CT molecular complexity index is 1930. The quantitative estimate of drug-likeness (QED) is 0.144. The summed E-state index contributed by atoms with van der Waals surface area (Å²) in [6.07, 6.45) is 4.56. The molecule has 2 aliphatic heterocycles. The molecule has 5 aromatic rings.